The third-order valence-corrected chi connectivity index (χ3v) is 3.23. The smallest absolute Gasteiger partial charge is 0.157 e. The zero-order valence-corrected chi connectivity index (χ0v) is 13.3. The summed E-state index contributed by atoms with van der Waals surface area (Å²) in [6.45, 7) is 5.92. The average molecular weight is 336 g/mol. The van der Waals surface area contributed by atoms with Crippen LogP contribution in [0, 0.1) is 0 Å². The predicted octanol–water partition coefficient (Wildman–Crippen LogP) is 3.87. The highest BCUT2D eigenvalue weighted by Crippen LogP contribution is 2.22. The van der Waals surface area contributed by atoms with Gasteiger partial charge in [-0.3, -0.25) is 0 Å². The van der Waals surface area contributed by atoms with Crippen molar-refractivity contribution >= 4 is 21.7 Å². The van der Waals surface area contributed by atoms with Crippen LogP contribution < -0.4 is 5.32 Å². The second-order valence-electron chi connectivity index (χ2n) is 4.23. The number of benzene rings is 1. The first kappa shape index (κ1) is 14.9. The van der Waals surface area contributed by atoms with Gasteiger partial charge in [0.15, 0.2) is 5.82 Å². The molecular weight excluding hydrogens is 318 g/mol. The van der Waals surface area contributed by atoms with Gasteiger partial charge in [-0.05, 0) is 26.0 Å². The maximum atomic E-state index is 5.40. The van der Waals surface area contributed by atoms with Crippen LogP contribution in [-0.2, 0) is 11.3 Å². The Bertz CT molecular complexity index is 558. The summed E-state index contributed by atoms with van der Waals surface area (Å²) in [6, 6.07) is 10.0. The van der Waals surface area contributed by atoms with Crippen LogP contribution in [0.2, 0.25) is 0 Å². The zero-order chi connectivity index (χ0) is 14.4. The molecule has 0 aliphatic rings. The Hall–Kier alpha value is -1.46. The van der Waals surface area contributed by atoms with Crippen molar-refractivity contribution in [1.29, 1.82) is 0 Å². The molecular formula is C15H18BrN3O. The third kappa shape index (κ3) is 4.02. The maximum Gasteiger partial charge on any atom is 0.157 e. The van der Waals surface area contributed by atoms with E-state index in [-0.39, 0.29) is 0 Å². The molecule has 0 bridgehead atoms. The second-order valence-corrected chi connectivity index (χ2v) is 5.14. The van der Waals surface area contributed by atoms with Gasteiger partial charge in [0.25, 0.3) is 0 Å². The van der Waals surface area contributed by atoms with E-state index in [0.29, 0.717) is 19.0 Å². The number of ether oxygens (including phenoxy) is 1. The summed E-state index contributed by atoms with van der Waals surface area (Å²) in [5, 5.41) is 3.23. The van der Waals surface area contributed by atoms with Crippen LogP contribution in [0.15, 0.2) is 34.8 Å². The van der Waals surface area contributed by atoms with E-state index in [9.17, 15) is 0 Å². The zero-order valence-electron chi connectivity index (χ0n) is 11.7. The van der Waals surface area contributed by atoms with Crippen LogP contribution in [0.25, 0.3) is 11.3 Å². The lowest BCUT2D eigenvalue weighted by molar-refractivity contribution is 0.128. The minimum Gasteiger partial charge on any atom is -0.374 e. The Kier molecular flexibility index (Phi) is 5.49. The van der Waals surface area contributed by atoms with E-state index < -0.39 is 0 Å². The molecule has 0 aliphatic carbocycles. The highest BCUT2D eigenvalue weighted by atomic mass is 79.9. The lowest BCUT2D eigenvalue weighted by atomic mass is 10.1. The van der Waals surface area contributed by atoms with E-state index in [1.165, 1.54) is 0 Å². The lowest BCUT2D eigenvalue weighted by Crippen LogP contribution is -2.06. The Balaban J connectivity index is 2.34. The van der Waals surface area contributed by atoms with Gasteiger partial charge in [0.1, 0.15) is 12.4 Å². The molecule has 0 aliphatic heterocycles. The van der Waals surface area contributed by atoms with Gasteiger partial charge in [-0.25, -0.2) is 9.97 Å². The van der Waals surface area contributed by atoms with Crippen molar-refractivity contribution in [1.82, 2.24) is 9.97 Å². The monoisotopic (exact) mass is 335 g/mol. The largest absolute Gasteiger partial charge is 0.374 e. The first-order valence-corrected chi connectivity index (χ1v) is 7.47. The molecule has 0 saturated carbocycles. The molecule has 5 heteroatoms. The number of nitrogens with one attached hydrogen (secondary N) is 1. The summed E-state index contributed by atoms with van der Waals surface area (Å²) >= 11 is 3.44. The average Bonchev–Trinajstić information content (AvgIpc) is 2.46. The first-order valence-electron chi connectivity index (χ1n) is 6.68. The number of halogens is 1. The molecule has 4 nitrogen and oxygen atoms in total. The Labute approximate surface area is 127 Å². The molecule has 1 N–H and O–H groups in total. The number of anilines is 1. The second kappa shape index (κ2) is 7.36. The van der Waals surface area contributed by atoms with Gasteiger partial charge in [-0.15, -0.1) is 0 Å². The summed E-state index contributed by atoms with van der Waals surface area (Å²) in [5.41, 5.74) is 1.96. The summed E-state index contributed by atoms with van der Waals surface area (Å²) in [7, 11) is 0. The van der Waals surface area contributed by atoms with E-state index in [4.69, 9.17) is 4.74 Å². The molecule has 1 aromatic carbocycles. The van der Waals surface area contributed by atoms with Gasteiger partial charge in [0.05, 0.1) is 5.69 Å². The fraction of sp³-hybridized carbons (Fsp3) is 0.333. The van der Waals surface area contributed by atoms with E-state index >= 15 is 0 Å². The van der Waals surface area contributed by atoms with Crippen molar-refractivity contribution < 1.29 is 4.74 Å². The van der Waals surface area contributed by atoms with E-state index in [0.717, 1.165) is 28.1 Å². The number of nitrogens with zero attached hydrogens (tertiary/aromatic N) is 2. The van der Waals surface area contributed by atoms with Crippen LogP contribution in [0.3, 0.4) is 0 Å². The fourth-order valence-electron chi connectivity index (χ4n) is 1.80. The molecule has 106 valence electrons. The molecule has 20 heavy (non-hydrogen) atoms. The number of hydrogen-bond acceptors (Lipinski definition) is 4. The van der Waals surface area contributed by atoms with Crippen molar-refractivity contribution in [2.24, 2.45) is 0 Å². The van der Waals surface area contributed by atoms with Gasteiger partial charge in [-0.2, -0.15) is 0 Å². The normalized spacial score (nSPS) is 10.6. The van der Waals surface area contributed by atoms with Crippen LogP contribution in [0.4, 0.5) is 5.82 Å². The highest BCUT2D eigenvalue weighted by Gasteiger charge is 2.06. The van der Waals surface area contributed by atoms with Crippen molar-refractivity contribution in [2.45, 2.75) is 20.5 Å². The first-order chi connectivity index (χ1) is 9.72. The van der Waals surface area contributed by atoms with Gasteiger partial charge in [0, 0.05) is 29.3 Å². The molecule has 0 atom stereocenters. The molecule has 0 fully saturated rings. The van der Waals surface area contributed by atoms with E-state index in [1.807, 2.05) is 44.2 Å². The molecule has 0 saturated heterocycles. The Morgan fingerprint density at radius 3 is 2.55 bits per heavy atom. The van der Waals surface area contributed by atoms with Gasteiger partial charge < -0.3 is 10.1 Å². The highest BCUT2D eigenvalue weighted by molar-refractivity contribution is 9.10. The molecule has 1 aromatic heterocycles. The lowest BCUT2D eigenvalue weighted by Gasteiger charge is -2.09. The summed E-state index contributed by atoms with van der Waals surface area (Å²) in [5.74, 6) is 1.53. The van der Waals surface area contributed by atoms with Crippen LogP contribution in [-0.4, -0.2) is 23.1 Å². The summed E-state index contributed by atoms with van der Waals surface area (Å²) < 4.78 is 6.45. The third-order valence-electron chi connectivity index (χ3n) is 2.71. The number of rotatable bonds is 6. The molecule has 1 heterocycles. The summed E-state index contributed by atoms with van der Waals surface area (Å²) in [4.78, 5) is 9.01. The minimum atomic E-state index is 0.430. The van der Waals surface area contributed by atoms with Gasteiger partial charge in [-0.1, -0.05) is 28.1 Å². The maximum absolute atomic E-state index is 5.40. The van der Waals surface area contributed by atoms with Crippen molar-refractivity contribution in [2.75, 3.05) is 18.5 Å². The SMILES string of the molecule is CCNc1cc(-c2ccc(Br)cc2)nc(COCC)n1. The Morgan fingerprint density at radius 2 is 1.90 bits per heavy atom. The standard InChI is InChI=1S/C15H18BrN3O/c1-3-17-14-9-13(11-5-7-12(16)8-6-11)18-15(19-14)10-20-4-2/h5-9H,3-4,10H2,1-2H3,(H,17,18,19). The minimum absolute atomic E-state index is 0.430. The van der Waals surface area contributed by atoms with Crippen molar-refractivity contribution in [3.8, 4) is 11.3 Å². The Morgan fingerprint density at radius 1 is 1.15 bits per heavy atom. The topological polar surface area (TPSA) is 47.0 Å². The van der Waals surface area contributed by atoms with Gasteiger partial charge in [0.2, 0.25) is 0 Å². The summed E-state index contributed by atoms with van der Waals surface area (Å²) in [6.07, 6.45) is 0. The molecule has 2 rings (SSSR count). The quantitative estimate of drug-likeness (QED) is 0.870. The van der Waals surface area contributed by atoms with Crippen molar-refractivity contribution in [3.63, 3.8) is 0 Å². The molecule has 0 radical (unpaired) electrons. The van der Waals surface area contributed by atoms with Crippen molar-refractivity contribution in [3.05, 3.63) is 40.6 Å². The van der Waals surface area contributed by atoms with E-state index in [1.54, 1.807) is 0 Å². The number of hydrogen-bond donors (Lipinski definition) is 1. The van der Waals surface area contributed by atoms with Crippen LogP contribution >= 0.6 is 15.9 Å². The molecule has 2 aromatic rings. The van der Waals surface area contributed by atoms with E-state index in [2.05, 4.69) is 31.2 Å². The molecule has 0 spiro atoms. The van der Waals surface area contributed by atoms with Crippen LogP contribution in [0.5, 0.6) is 0 Å². The predicted molar refractivity (Wildman–Crippen MR) is 84.7 cm³/mol. The van der Waals surface area contributed by atoms with Crippen LogP contribution in [0.1, 0.15) is 19.7 Å². The molecule has 0 amide bonds. The fourth-order valence-corrected chi connectivity index (χ4v) is 2.06. The molecule has 0 unspecified atom stereocenters. The number of aromatic nitrogens is 2. The van der Waals surface area contributed by atoms with Gasteiger partial charge >= 0.3 is 0 Å².